The molecule has 1 aliphatic heterocycles. The van der Waals surface area contributed by atoms with E-state index in [0.717, 1.165) is 6.42 Å². The van der Waals surface area contributed by atoms with Crippen LogP contribution in [0.4, 0.5) is 4.79 Å². The molecule has 2 unspecified atom stereocenters. The molecule has 0 saturated carbocycles. The molecule has 2 atom stereocenters. The minimum absolute atomic E-state index is 0.107. The first-order valence-corrected chi connectivity index (χ1v) is 6.93. The Morgan fingerprint density at radius 2 is 2.00 bits per heavy atom. The lowest BCUT2D eigenvalue weighted by Gasteiger charge is -2.31. The van der Waals surface area contributed by atoms with Crippen molar-refractivity contribution >= 4 is 12.1 Å². The van der Waals surface area contributed by atoms with Gasteiger partial charge in [0.2, 0.25) is 0 Å². The molecule has 1 N–H and O–H groups in total. The fraction of sp³-hybridized carbons (Fsp3) is 0.857. The first-order valence-electron chi connectivity index (χ1n) is 6.93. The van der Waals surface area contributed by atoms with Crippen molar-refractivity contribution in [3.63, 3.8) is 0 Å². The maximum absolute atomic E-state index is 11.6. The zero-order valence-corrected chi connectivity index (χ0v) is 12.7. The lowest BCUT2D eigenvalue weighted by Crippen LogP contribution is -2.40. The van der Waals surface area contributed by atoms with Gasteiger partial charge in [0.25, 0.3) is 0 Å². The highest BCUT2D eigenvalue weighted by molar-refractivity contribution is 5.69. The van der Waals surface area contributed by atoms with Gasteiger partial charge in [-0.15, -0.1) is 0 Å². The smallest absolute Gasteiger partial charge is 0.407 e. The number of carbonyl (C=O) groups is 2. The summed E-state index contributed by atoms with van der Waals surface area (Å²) < 4.78 is 15.3. The summed E-state index contributed by atoms with van der Waals surface area (Å²) in [5, 5.41) is 2.74. The summed E-state index contributed by atoms with van der Waals surface area (Å²) in [4.78, 5) is 23.0. The van der Waals surface area contributed by atoms with Crippen molar-refractivity contribution in [2.45, 2.75) is 39.2 Å². The zero-order valence-electron chi connectivity index (χ0n) is 12.7. The normalized spacial score (nSPS) is 23.0. The SMILES string of the molecule is COC(=O)CC1CCOCC1CNC(=O)OC(C)(C)C. The Hall–Kier alpha value is -1.30. The highest BCUT2D eigenvalue weighted by Gasteiger charge is 2.29. The molecule has 6 nitrogen and oxygen atoms in total. The van der Waals surface area contributed by atoms with E-state index in [1.54, 1.807) is 0 Å². The largest absolute Gasteiger partial charge is 0.469 e. The second-order valence-corrected chi connectivity index (χ2v) is 6.05. The summed E-state index contributed by atoms with van der Waals surface area (Å²) in [6.45, 7) is 7.07. The van der Waals surface area contributed by atoms with Crippen molar-refractivity contribution < 1.29 is 23.8 Å². The lowest BCUT2D eigenvalue weighted by atomic mass is 9.86. The van der Waals surface area contributed by atoms with E-state index in [-0.39, 0.29) is 17.8 Å². The maximum Gasteiger partial charge on any atom is 0.407 e. The number of rotatable bonds is 4. The average Bonchev–Trinajstić information content (AvgIpc) is 2.35. The Balaban J connectivity index is 2.42. The third-order valence-electron chi connectivity index (χ3n) is 3.20. The van der Waals surface area contributed by atoms with Crippen LogP contribution in [-0.4, -0.2) is 44.5 Å². The molecule has 1 aliphatic rings. The summed E-state index contributed by atoms with van der Waals surface area (Å²) in [5.41, 5.74) is -0.515. The Morgan fingerprint density at radius 1 is 1.30 bits per heavy atom. The molecule has 6 heteroatoms. The van der Waals surface area contributed by atoms with E-state index in [1.807, 2.05) is 20.8 Å². The first-order chi connectivity index (χ1) is 9.31. The van der Waals surface area contributed by atoms with Gasteiger partial charge in [-0.05, 0) is 33.1 Å². The van der Waals surface area contributed by atoms with E-state index in [0.29, 0.717) is 26.2 Å². The number of esters is 1. The Labute approximate surface area is 120 Å². The molecule has 1 rings (SSSR count). The van der Waals surface area contributed by atoms with Crippen molar-refractivity contribution in [1.82, 2.24) is 5.32 Å². The van der Waals surface area contributed by atoms with Crippen molar-refractivity contribution in [3.05, 3.63) is 0 Å². The van der Waals surface area contributed by atoms with Crippen molar-refractivity contribution in [2.75, 3.05) is 26.9 Å². The number of ether oxygens (including phenoxy) is 3. The molecule has 0 aromatic heterocycles. The van der Waals surface area contributed by atoms with Crippen LogP contribution in [0.3, 0.4) is 0 Å². The third-order valence-corrected chi connectivity index (χ3v) is 3.20. The van der Waals surface area contributed by atoms with Crippen LogP contribution in [0.1, 0.15) is 33.6 Å². The first kappa shape index (κ1) is 16.8. The zero-order chi connectivity index (χ0) is 15.2. The van der Waals surface area contributed by atoms with Gasteiger partial charge in [-0.3, -0.25) is 4.79 Å². The van der Waals surface area contributed by atoms with Crippen LogP contribution < -0.4 is 5.32 Å². The monoisotopic (exact) mass is 287 g/mol. The lowest BCUT2D eigenvalue weighted by molar-refractivity contribution is -0.143. The summed E-state index contributed by atoms with van der Waals surface area (Å²) in [6.07, 6.45) is 0.718. The topological polar surface area (TPSA) is 73.9 Å². The third kappa shape index (κ3) is 6.23. The molecular weight excluding hydrogens is 262 g/mol. The molecule has 0 bridgehead atoms. The number of hydrogen-bond donors (Lipinski definition) is 1. The average molecular weight is 287 g/mol. The number of methoxy groups -OCH3 is 1. The van der Waals surface area contributed by atoms with Gasteiger partial charge in [-0.2, -0.15) is 0 Å². The highest BCUT2D eigenvalue weighted by Crippen LogP contribution is 2.25. The standard InChI is InChI=1S/C14H25NO5/c1-14(2,3)20-13(17)15-8-11-9-19-6-5-10(11)7-12(16)18-4/h10-11H,5-9H2,1-4H3,(H,15,17). The minimum Gasteiger partial charge on any atom is -0.469 e. The van der Waals surface area contributed by atoms with E-state index in [1.165, 1.54) is 7.11 Å². The Kier molecular flexibility index (Phi) is 6.26. The van der Waals surface area contributed by atoms with Gasteiger partial charge in [0.15, 0.2) is 0 Å². The van der Waals surface area contributed by atoms with Crippen LogP contribution in [0.5, 0.6) is 0 Å². The summed E-state index contributed by atoms with van der Waals surface area (Å²) in [6, 6.07) is 0. The number of alkyl carbamates (subject to hydrolysis) is 1. The predicted molar refractivity (Wildman–Crippen MR) is 73.3 cm³/mol. The molecule has 0 aromatic rings. The molecule has 116 valence electrons. The second-order valence-electron chi connectivity index (χ2n) is 6.05. The van der Waals surface area contributed by atoms with Crippen molar-refractivity contribution in [3.8, 4) is 0 Å². The van der Waals surface area contributed by atoms with Gasteiger partial charge in [0.05, 0.1) is 13.7 Å². The van der Waals surface area contributed by atoms with E-state index in [4.69, 9.17) is 14.2 Å². The number of carbonyl (C=O) groups excluding carboxylic acids is 2. The van der Waals surface area contributed by atoms with E-state index in [9.17, 15) is 9.59 Å². The molecule has 1 saturated heterocycles. The van der Waals surface area contributed by atoms with E-state index in [2.05, 4.69) is 5.32 Å². The molecule has 1 heterocycles. The molecule has 1 amide bonds. The van der Waals surface area contributed by atoms with Crippen LogP contribution in [0, 0.1) is 11.8 Å². The molecule has 1 fully saturated rings. The van der Waals surface area contributed by atoms with Gasteiger partial charge < -0.3 is 19.5 Å². The summed E-state index contributed by atoms with van der Waals surface area (Å²) in [5.74, 6) is 0.0562. The molecule has 0 aliphatic carbocycles. The van der Waals surface area contributed by atoms with Gasteiger partial charge in [0, 0.05) is 25.5 Å². The maximum atomic E-state index is 11.6. The number of nitrogens with one attached hydrogen (secondary N) is 1. The van der Waals surface area contributed by atoms with E-state index < -0.39 is 11.7 Å². The fourth-order valence-electron chi connectivity index (χ4n) is 2.16. The van der Waals surface area contributed by atoms with Crippen LogP contribution in [0.15, 0.2) is 0 Å². The van der Waals surface area contributed by atoms with E-state index >= 15 is 0 Å². The van der Waals surface area contributed by atoms with Crippen LogP contribution in [-0.2, 0) is 19.0 Å². The van der Waals surface area contributed by atoms with Gasteiger partial charge >= 0.3 is 12.1 Å². The predicted octanol–water partition coefficient (Wildman–Crippen LogP) is 1.73. The van der Waals surface area contributed by atoms with Crippen molar-refractivity contribution in [2.24, 2.45) is 11.8 Å². The number of hydrogen-bond acceptors (Lipinski definition) is 5. The molecule has 20 heavy (non-hydrogen) atoms. The summed E-state index contributed by atoms with van der Waals surface area (Å²) in [7, 11) is 1.38. The highest BCUT2D eigenvalue weighted by atomic mass is 16.6. The second kappa shape index (κ2) is 7.47. The van der Waals surface area contributed by atoms with Gasteiger partial charge in [0.1, 0.15) is 5.60 Å². The number of amides is 1. The van der Waals surface area contributed by atoms with Gasteiger partial charge in [-0.1, -0.05) is 0 Å². The molecule has 0 radical (unpaired) electrons. The van der Waals surface area contributed by atoms with Crippen LogP contribution in [0.2, 0.25) is 0 Å². The van der Waals surface area contributed by atoms with Crippen molar-refractivity contribution in [1.29, 1.82) is 0 Å². The fourth-order valence-corrected chi connectivity index (χ4v) is 2.16. The quantitative estimate of drug-likeness (QED) is 0.797. The van der Waals surface area contributed by atoms with Crippen LogP contribution in [0.25, 0.3) is 0 Å². The Morgan fingerprint density at radius 3 is 2.60 bits per heavy atom. The molecule has 0 aromatic carbocycles. The molecule has 0 spiro atoms. The van der Waals surface area contributed by atoms with Crippen LogP contribution >= 0.6 is 0 Å². The minimum atomic E-state index is -0.515. The summed E-state index contributed by atoms with van der Waals surface area (Å²) >= 11 is 0. The molecular formula is C14H25NO5. The van der Waals surface area contributed by atoms with Gasteiger partial charge in [-0.25, -0.2) is 4.79 Å². The Bertz CT molecular complexity index is 337.